The predicted molar refractivity (Wildman–Crippen MR) is 77.9 cm³/mol. The lowest BCUT2D eigenvalue weighted by Crippen LogP contribution is -2.25. The zero-order valence-corrected chi connectivity index (χ0v) is 13.4. The van der Waals surface area contributed by atoms with Crippen molar-refractivity contribution in [2.24, 2.45) is 7.05 Å². The Labute approximate surface area is 129 Å². The van der Waals surface area contributed by atoms with E-state index < -0.39 is 23.1 Å². The van der Waals surface area contributed by atoms with Crippen molar-refractivity contribution >= 4 is 21.8 Å². The highest BCUT2D eigenvalue weighted by atomic mass is 79.9. The number of benzene rings is 1. The summed E-state index contributed by atoms with van der Waals surface area (Å²) >= 11 is 2.97. The highest BCUT2D eigenvalue weighted by Crippen LogP contribution is 2.19. The molecule has 0 fully saturated rings. The summed E-state index contributed by atoms with van der Waals surface area (Å²) in [5.41, 5.74) is 1.91. The number of hydrogen-bond acceptors (Lipinski definition) is 2. The van der Waals surface area contributed by atoms with Crippen molar-refractivity contribution in [3.8, 4) is 0 Å². The monoisotopic (exact) mass is 357 g/mol. The second kappa shape index (κ2) is 5.93. The number of carbonyl (C=O) groups excluding carboxylic acids is 1. The number of aromatic nitrogens is 2. The van der Waals surface area contributed by atoms with Crippen molar-refractivity contribution in [3.63, 3.8) is 0 Å². The highest BCUT2D eigenvalue weighted by Gasteiger charge is 2.19. The van der Waals surface area contributed by atoms with E-state index in [1.54, 1.807) is 11.7 Å². The molecular formula is C14H14BrF2N3O. The molecule has 1 aromatic heterocycles. The topological polar surface area (TPSA) is 46.9 Å². The van der Waals surface area contributed by atoms with E-state index in [4.69, 9.17) is 0 Å². The fourth-order valence-electron chi connectivity index (χ4n) is 2.09. The van der Waals surface area contributed by atoms with Gasteiger partial charge in [-0.3, -0.25) is 9.48 Å². The van der Waals surface area contributed by atoms with Gasteiger partial charge in [0.05, 0.1) is 5.69 Å². The van der Waals surface area contributed by atoms with Crippen LogP contribution >= 0.6 is 15.9 Å². The molecule has 0 radical (unpaired) electrons. The van der Waals surface area contributed by atoms with Gasteiger partial charge in [0.15, 0.2) is 0 Å². The lowest BCUT2D eigenvalue weighted by atomic mass is 10.1. The lowest BCUT2D eigenvalue weighted by Gasteiger charge is -2.08. The largest absolute Gasteiger partial charge is 0.348 e. The van der Waals surface area contributed by atoms with E-state index in [0.717, 1.165) is 29.1 Å². The minimum absolute atomic E-state index is 0.166. The Bertz CT molecular complexity index is 689. The van der Waals surface area contributed by atoms with Crippen LogP contribution in [-0.4, -0.2) is 15.7 Å². The minimum atomic E-state index is -0.904. The minimum Gasteiger partial charge on any atom is -0.348 e. The molecule has 0 saturated heterocycles. The van der Waals surface area contributed by atoms with Crippen LogP contribution in [0.15, 0.2) is 16.6 Å². The first-order chi connectivity index (χ1) is 9.81. The van der Waals surface area contributed by atoms with Crippen molar-refractivity contribution in [1.82, 2.24) is 15.1 Å². The first kappa shape index (κ1) is 15.6. The molecule has 0 aliphatic rings. The molecule has 2 rings (SSSR count). The molecule has 1 aromatic carbocycles. The van der Waals surface area contributed by atoms with Gasteiger partial charge in [-0.2, -0.15) is 5.10 Å². The molecule has 0 atom stereocenters. The highest BCUT2D eigenvalue weighted by molar-refractivity contribution is 9.10. The summed E-state index contributed by atoms with van der Waals surface area (Å²) in [6.07, 6.45) is 0. The van der Waals surface area contributed by atoms with Gasteiger partial charge in [-0.15, -0.1) is 0 Å². The normalized spacial score (nSPS) is 10.8. The van der Waals surface area contributed by atoms with Crippen molar-refractivity contribution in [2.45, 2.75) is 20.4 Å². The molecule has 0 bridgehead atoms. The molecular weight excluding hydrogens is 344 g/mol. The fraction of sp³-hybridized carbons (Fsp3) is 0.286. The molecule has 2 aromatic rings. The zero-order valence-electron chi connectivity index (χ0n) is 11.8. The first-order valence-corrected chi connectivity index (χ1v) is 7.02. The molecule has 112 valence electrons. The van der Waals surface area contributed by atoms with E-state index in [2.05, 4.69) is 26.3 Å². The Kier molecular flexibility index (Phi) is 4.41. The maximum Gasteiger partial charge on any atom is 0.257 e. The summed E-state index contributed by atoms with van der Waals surface area (Å²) in [5, 5.41) is 6.74. The Balaban J connectivity index is 2.20. The van der Waals surface area contributed by atoms with E-state index in [1.807, 2.05) is 13.8 Å². The number of amides is 1. The fourth-order valence-corrected chi connectivity index (χ4v) is 2.49. The van der Waals surface area contributed by atoms with Gasteiger partial charge < -0.3 is 5.32 Å². The van der Waals surface area contributed by atoms with Crippen LogP contribution in [0.5, 0.6) is 0 Å². The second-order valence-electron chi connectivity index (χ2n) is 4.70. The first-order valence-electron chi connectivity index (χ1n) is 6.23. The summed E-state index contributed by atoms with van der Waals surface area (Å²) in [4.78, 5) is 12.0. The predicted octanol–water partition coefficient (Wildman–Crippen LogP) is 3.01. The molecule has 1 amide bonds. The molecule has 1 heterocycles. The Morgan fingerprint density at radius 2 is 1.90 bits per heavy atom. The Morgan fingerprint density at radius 1 is 1.33 bits per heavy atom. The number of hydrogen-bond donors (Lipinski definition) is 1. The van der Waals surface area contributed by atoms with Gasteiger partial charge in [0.1, 0.15) is 17.2 Å². The van der Waals surface area contributed by atoms with Gasteiger partial charge in [0.2, 0.25) is 0 Å². The number of halogens is 3. The number of aryl methyl sites for hydroxylation is 2. The smallest absolute Gasteiger partial charge is 0.257 e. The van der Waals surface area contributed by atoms with Crippen molar-refractivity contribution in [3.05, 3.63) is 50.8 Å². The molecule has 7 heteroatoms. The van der Waals surface area contributed by atoms with Gasteiger partial charge in [0, 0.05) is 29.3 Å². The molecule has 0 saturated carbocycles. The third-order valence-electron chi connectivity index (χ3n) is 3.32. The molecule has 0 spiro atoms. The number of nitrogens with one attached hydrogen (secondary N) is 1. The average molecular weight is 358 g/mol. The zero-order chi connectivity index (χ0) is 15.7. The molecule has 21 heavy (non-hydrogen) atoms. The van der Waals surface area contributed by atoms with Gasteiger partial charge >= 0.3 is 0 Å². The quantitative estimate of drug-likeness (QED) is 0.917. The van der Waals surface area contributed by atoms with Crippen LogP contribution in [0.25, 0.3) is 0 Å². The van der Waals surface area contributed by atoms with E-state index >= 15 is 0 Å². The van der Waals surface area contributed by atoms with Gasteiger partial charge in [-0.1, -0.05) is 15.9 Å². The maximum absolute atomic E-state index is 13.7. The summed E-state index contributed by atoms with van der Waals surface area (Å²) in [7, 11) is 1.79. The molecule has 1 N–H and O–H groups in total. The van der Waals surface area contributed by atoms with Crippen LogP contribution in [0, 0.1) is 25.5 Å². The second-order valence-corrected chi connectivity index (χ2v) is 5.62. The van der Waals surface area contributed by atoms with Crippen LogP contribution in [0.1, 0.15) is 27.3 Å². The van der Waals surface area contributed by atoms with E-state index in [1.165, 1.54) is 0 Å². The molecule has 0 unspecified atom stereocenters. The lowest BCUT2D eigenvalue weighted by molar-refractivity contribution is 0.0942. The van der Waals surface area contributed by atoms with Crippen LogP contribution in [-0.2, 0) is 13.6 Å². The van der Waals surface area contributed by atoms with Gasteiger partial charge in [-0.25, -0.2) is 8.78 Å². The molecule has 4 nitrogen and oxygen atoms in total. The van der Waals surface area contributed by atoms with E-state index in [9.17, 15) is 13.6 Å². The Hall–Kier alpha value is -1.76. The number of carbonyl (C=O) groups is 1. The van der Waals surface area contributed by atoms with Crippen molar-refractivity contribution in [1.29, 1.82) is 0 Å². The average Bonchev–Trinajstić information content (AvgIpc) is 2.60. The van der Waals surface area contributed by atoms with Crippen LogP contribution < -0.4 is 5.32 Å². The Morgan fingerprint density at radius 3 is 2.38 bits per heavy atom. The van der Waals surface area contributed by atoms with Gasteiger partial charge in [-0.05, 0) is 26.0 Å². The molecule has 0 aliphatic carbocycles. The van der Waals surface area contributed by atoms with Crippen LogP contribution in [0.3, 0.4) is 0 Å². The summed E-state index contributed by atoms with van der Waals surface area (Å²) < 4.78 is 29.3. The molecule has 0 aliphatic heterocycles. The van der Waals surface area contributed by atoms with Crippen molar-refractivity contribution in [2.75, 3.05) is 0 Å². The third kappa shape index (κ3) is 3.12. The SMILES string of the molecule is Cc1nn(C)c(C)c1CNC(=O)c1c(F)cc(Br)cc1F. The third-order valence-corrected chi connectivity index (χ3v) is 3.78. The standard InChI is InChI=1S/C14H14BrF2N3O/c1-7-10(8(2)20(3)19-7)6-18-14(21)13-11(16)4-9(15)5-12(13)17/h4-5H,6H2,1-3H3,(H,18,21). The van der Waals surface area contributed by atoms with E-state index in [0.29, 0.717) is 0 Å². The summed E-state index contributed by atoms with van der Waals surface area (Å²) in [6.45, 7) is 3.84. The van der Waals surface area contributed by atoms with Crippen LogP contribution in [0.2, 0.25) is 0 Å². The van der Waals surface area contributed by atoms with Gasteiger partial charge in [0.25, 0.3) is 5.91 Å². The summed E-state index contributed by atoms with van der Waals surface area (Å²) in [5.74, 6) is -2.60. The number of rotatable bonds is 3. The maximum atomic E-state index is 13.7. The van der Waals surface area contributed by atoms with Crippen molar-refractivity contribution < 1.29 is 13.6 Å². The van der Waals surface area contributed by atoms with Crippen LogP contribution in [0.4, 0.5) is 8.78 Å². The number of nitrogens with zero attached hydrogens (tertiary/aromatic N) is 2. The van der Waals surface area contributed by atoms with E-state index in [-0.39, 0.29) is 11.0 Å². The summed E-state index contributed by atoms with van der Waals surface area (Å²) in [6, 6.07) is 2.11.